The number of anilines is 2. The molecule has 1 aliphatic heterocycles. The molecule has 3 rings (SSSR count). The molecule has 0 spiro atoms. The summed E-state index contributed by atoms with van der Waals surface area (Å²) in [7, 11) is 2.20. The Morgan fingerprint density at radius 3 is 2.62 bits per heavy atom. The fraction of sp³-hybridized carbons (Fsp3) is 0.381. The van der Waals surface area contributed by atoms with Gasteiger partial charge in [0.1, 0.15) is 0 Å². The Morgan fingerprint density at radius 1 is 1.21 bits per heavy atom. The summed E-state index contributed by atoms with van der Waals surface area (Å²) in [4.78, 5) is 2.42. The zero-order valence-corrected chi connectivity index (χ0v) is 15.3. The summed E-state index contributed by atoms with van der Waals surface area (Å²) in [6.45, 7) is 9.12. The molecule has 0 unspecified atom stereocenters. The minimum absolute atomic E-state index is 0.198. The largest absolute Gasteiger partial charge is 0.369 e. The highest BCUT2D eigenvalue weighted by atomic mass is 15.3. The summed E-state index contributed by atoms with van der Waals surface area (Å²) < 4.78 is 0. The number of nitrogens with zero attached hydrogens (tertiary/aromatic N) is 2. The molecule has 0 aromatic heterocycles. The molecule has 2 aromatic rings. The fourth-order valence-electron chi connectivity index (χ4n) is 3.56. The van der Waals surface area contributed by atoms with Crippen LogP contribution in [0.15, 0.2) is 47.6 Å². The molecule has 1 atom stereocenters. The second-order valence-electron chi connectivity index (χ2n) is 7.48. The second-order valence-corrected chi connectivity index (χ2v) is 7.48. The zero-order valence-electron chi connectivity index (χ0n) is 15.3. The number of hydrogen-bond acceptors (Lipinski definition) is 3. The van der Waals surface area contributed by atoms with Gasteiger partial charge in [-0.1, -0.05) is 25.1 Å². The van der Waals surface area contributed by atoms with Crippen molar-refractivity contribution in [1.82, 2.24) is 0 Å². The Bertz CT molecular complexity index is 747. The number of aryl methyl sites for hydroxylation is 1. The number of nitrogens with one attached hydrogen (secondary N) is 1. The lowest BCUT2D eigenvalue weighted by atomic mass is 9.79. The van der Waals surface area contributed by atoms with Crippen LogP contribution in [0.2, 0.25) is 0 Å². The van der Waals surface area contributed by atoms with Gasteiger partial charge in [-0.2, -0.15) is 5.10 Å². The SMILES string of the molecule is Cc1cc2c(cc1/C=N\Nc1ccccc1)[C@@H](C)CC(C)(C)N2C. The normalized spacial score (nSPS) is 19.4. The average molecular weight is 321 g/mol. The first-order valence-electron chi connectivity index (χ1n) is 8.61. The van der Waals surface area contributed by atoms with Crippen LogP contribution in [-0.4, -0.2) is 18.8 Å². The highest BCUT2D eigenvalue weighted by molar-refractivity contribution is 5.84. The number of benzene rings is 2. The lowest BCUT2D eigenvalue weighted by Crippen LogP contribution is -2.45. The topological polar surface area (TPSA) is 27.6 Å². The Labute approximate surface area is 145 Å². The van der Waals surface area contributed by atoms with Crippen LogP contribution in [0, 0.1) is 6.92 Å². The Balaban J connectivity index is 1.88. The highest BCUT2D eigenvalue weighted by Gasteiger charge is 2.34. The van der Waals surface area contributed by atoms with Crippen molar-refractivity contribution in [3.8, 4) is 0 Å². The molecule has 1 aliphatic rings. The summed E-state index contributed by atoms with van der Waals surface area (Å²) in [6, 6.07) is 14.6. The third-order valence-electron chi connectivity index (χ3n) is 5.19. The Hall–Kier alpha value is -2.29. The van der Waals surface area contributed by atoms with Crippen LogP contribution in [-0.2, 0) is 0 Å². The van der Waals surface area contributed by atoms with Crippen LogP contribution < -0.4 is 10.3 Å². The summed E-state index contributed by atoms with van der Waals surface area (Å²) in [5.74, 6) is 0.557. The first-order chi connectivity index (χ1) is 11.4. The number of hydrazone groups is 1. The third-order valence-corrected chi connectivity index (χ3v) is 5.19. The van der Waals surface area contributed by atoms with Gasteiger partial charge in [0, 0.05) is 18.3 Å². The molecule has 0 bridgehead atoms. The number of rotatable bonds is 3. The average Bonchev–Trinajstić information content (AvgIpc) is 2.54. The number of hydrogen-bond donors (Lipinski definition) is 1. The van der Waals surface area contributed by atoms with Gasteiger partial charge in [0.05, 0.1) is 11.9 Å². The van der Waals surface area contributed by atoms with Crippen molar-refractivity contribution in [3.05, 3.63) is 59.2 Å². The maximum absolute atomic E-state index is 4.41. The summed E-state index contributed by atoms with van der Waals surface area (Å²) in [6.07, 6.45) is 3.09. The maximum Gasteiger partial charge on any atom is 0.0561 e. The molecule has 24 heavy (non-hydrogen) atoms. The molecular weight excluding hydrogens is 294 g/mol. The second kappa shape index (κ2) is 6.31. The molecule has 0 radical (unpaired) electrons. The molecule has 0 saturated carbocycles. The molecule has 0 fully saturated rings. The van der Waals surface area contributed by atoms with Gasteiger partial charge in [-0.15, -0.1) is 0 Å². The lowest BCUT2D eigenvalue weighted by Gasteiger charge is -2.45. The molecule has 0 aliphatic carbocycles. The van der Waals surface area contributed by atoms with Gasteiger partial charge in [-0.25, -0.2) is 0 Å². The Kier molecular flexibility index (Phi) is 4.35. The van der Waals surface area contributed by atoms with Gasteiger partial charge in [0.25, 0.3) is 0 Å². The van der Waals surface area contributed by atoms with Crippen molar-refractivity contribution >= 4 is 17.6 Å². The van der Waals surface area contributed by atoms with Crippen molar-refractivity contribution in [2.45, 2.75) is 45.6 Å². The van der Waals surface area contributed by atoms with Crippen molar-refractivity contribution in [2.75, 3.05) is 17.4 Å². The highest BCUT2D eigenvalue weighted by Crippen LogP contribution is 2.43. The van der Waals surface area contributed by atoms with Gasteiger partial charge >= 0.3 is 0 Å². The van der Waals surface area contributed by atoms with E-state index in [0.717, 1.165) is 5.69 Å². The zero-order chi connectivity index (χ0) is 17.3. The number of para-hydroxylation sites is 1. The predicted octanol–water partition coefficient (Wildman–Crippen LogP) is 5.16. The Morgan fingerprint density at radius 2 is 1.92 bits per heavy atom. The molecule has 1 heterocycles. The van der Waals surface area contributed by atoms with E-state index in [1.165, 1.54) is 28.8 Å². The van der Waals surface area contributed by atoms with Gasteiger partial charge in [0.2, 0.25) is 0 Å². The molecule has 1 N–H and O–H groups in total. The van der Waals surface area contributed by atoms with Crippen molar-refractivity contribution in [3.63, 3.8) is 0 Å². The third kappa shape index (κ3) is 3.16. The minimum Gasteiger partial charge on any atom is -0.369 e. The standard InChI is InChI=1S/C21H27N3/c1-15-11-20-19(16(2)13-21(3,4)24(20)5)12-17(15)14-22-23-18-9-7-6-8-10-18/h6-12,14,16,23H,13H2,1-5H3/b22-14-/t16-/m0/s1. The number of fused-ring (bicyclic) bond motifs is 1. The fourth-order valence-corrected chi connectivity index (χ4v) is 3.56. The first kappa shape index (κ1) is 16.6. The predicted molar refractivity (Wildman–Crippen MR) is 104 cm³/mol. The van der Waals surface area contributed by atoms with E-state index in [9.17, 15) is 0 Å². The van der Waals surface area contributed by atoms with Gasteiger partial charge < -0.3 is 4.90 Å². The van der Waals surface area contributed by atoms with Gasteiger partial charge in [-0.05, 0) is 74.1 Å². The molecule has 2 aromatic carbocycles. The molecule has 3 nitrogen and oxygen atoms in total. The van der Waals surface area contributed by atoms with Crippen LogP contribution >= 0.6 is 0 Å². The van der Waals surface area contributed by atoms with Crippen LogP contribution in [0.5, 0.6) is 0 Å². The lowest BCUT2D eigenvalue weighted by molar-refractivity contribution is 0.395. The van der Waals surface area contributed by atoms with Crippen molar-refractivity contribution in [2.24, 2.45) is 5.10 Å². The summed E-state index contributed by atoms with van der Waals surface area (Å²) >= 11 is 0. The van der Waals surface area contributed by atoms with E-state index in [-0.39, 0.29) is 5.54 Å². The van der Waals surface area contributed by atoms with Gasteiger partial charge in [0.15, 0.2) is 0 Å². The van der Waals surface area contributed by atoms with E-state index < -0.39 is 0 Å². The van der Waals surface area contributed by atoms with Crippen molar-refractivity contribution in [1.29, 1.82) is 0 Å². The summed E-state index contributed by atoms with van der Waals surface area (Å²) in [5.41, 5.74) is 9.49. The molecule has 126 valence electrons. The van der Waals surface area contributed by atoms with E-state index in [1.54, 1.807) is 0 Å². The van der Waals surface area contributed by atoms with E-state index in [1.807, 2.05) is 36.5 Å². The van der Waals surface area contributed by atoms with Crippen molar-refractivity contribution < 1.29 is 0 Å². The molecule has 3 heteroatoms. The monoisotopic (exact) mass is 321 g/mol. The molecule has 0 saturated heterocycles. The van der Waals surface area contributed by atoms with Crippen LogP contribution in [0.1, 0.15) is 49.8 Å². The smallest absolute Gasteiger partial charge is 0.0561 e. The quantitative estimate of drug-likeness (QED) is 0.624. The maximum atomic E-state index is 4.41. The van der Waals surface area contributed by atoms with E-state index >= 15 is 0 Å². The van der Waals surface area contributed by atoms with E-state index in [4.69, 9.17) is 0 Å². The van der Waals surface area contributed by atoms with E-state index in [2.05, 4.69) is 62.3 Å². The summed E-state index contributed by atoms with van der Waals surface area (Å²) in [5, 5.41) is 4.41. The minimum atomic E-state index is 0.198. The molecule has 0 amide bonds. The van der Waals surface area contributed by atoms with Crippen LogP contribution in [0.25, 0.3) is 0 Å². The first-order valence-corrected chi connectivity index (χ1v) is 8.61. The molecular formula is C21H27N3. The van der Waals surface area contributed by atoms with Gasteiger partial charge in [-0.3, -0.25) is 5.43 Å². The van der Waals surface area contributed by atoms with E-state index in [0.29, 0.717) is 5.92 Å². The van der Waals surface area contributed by atoms with Crippen LogP contribution in [0.3, 0.4) is 0 Å². The van der Waals surface area contributed by atoms with Crippen LogP contribution in [0.4, 0.5) is 11.4 Å².